The van der Waals surface area contributed by atoms with Crippen molar-refractivity contribution in [3.8, 4) is 16.3 Å². The number of carbonyl (C=O) groups is 2. The first-order chi connectivity index (χ1) is 16.6. The normalized spacial score (nSPS) is 13.6. The Morgan fingerprint density at radius 1 is 1.00 bits per heavy atom. The van der Waals surface area contributed by atoms with Gasteiger partial charge in [-0.3, -0.25) is 9.59 Å². The zero-order chi connectivity index (χ0) is 23.5. The number of carbonyl (C=O) groups excluding carboxylic acids is 2. The van der Waals surface area contributed by atoms with Gasteiger partial charge in [0.05, 0.1) is 11.1 Å². The van der Waals surface area contributed by atoms with Crippen molar-refractivity contribution in [1.82, 2.24) is 19.7 Å². The molecule has 0 radical (unpaired) electrons. The molecule has 2 amide bonds. The van der Waals surface area contributed by atoms with Gasteiger partial charge in [-0.15, -0.1) is 11.3 Å². The summed E-state index contributed by atoms with van der Waals surface area (Å²) in [5.74, 6) is 0.312. The van der Waals surface area contributed by atoms with Crippen molar-refractivity contribution in [1.29, 1.82) is 0 Å². The van der Waals surface area contributed by atoms with Crippen molar-refractivity contribution in [3.63, 3.8) is 0 Å². The fourth-order valence-electron chi connectivity index (χ4n) is 4.21. The molecule has 0 atom stereocenters. The van der Waals surface area contributed by atoms with Crippen LogP contribution in [0.3, 0.4) is 0 Å². The average Bonchev–Trinajstić information content (AvgIpc) is 3.53. The molecular formula is C26H25N5O2S. The molecule has 1 aliphatic heterocycles. The smallest absolute Gasteiger partial charge is 0.257 e. The highest BCUT2D eigenvalue weighted by Gasteiger charge is 2.28. The fraction of sp³-hybridized carbons (Fsp3) is 0.231. The molecule has 0 bridgehead atoms. The molecule has 1 saturated heterocycles. The highest BCUT2D eigenvalue weighted by Crippen LogP contribution is 2.41. The maximum atomic E-state index is 13.5. The van der Waals surface area contributed by atoms with Crippen molar-refractivity contribution in [2.24, 2.45) is 0 Å². The third kappa shape index (κ3) is 4.36. The van der Waals surface area contributed by atoms with E-state index in [4.69, 9.17) is 0 Å². The molecule has 5 rings (SSSR count). The molecule has 1 N–H and O–H groups in total. The summed E-state index contributed by atoms with van der Waals surface area (Å²) in [6.45, 7) is 3.47. The molecule has 0 saturated carbocycles. The quantitative estimate of drug-likeness (QED) is 0.435. The van der Waals surface area contributed by atoms with Crippen LogP contribution >= 0.6 is 11.3 Å². The molecule has 34 heavy (non-hydrogen) atoms. The Balaban J connectivity index is 1.47. The number of pyridine rings is 1. The van der Waals surface area contributed by atoms with Crippen molar-refractivity contribution in [3.05, 3.63) is 83.8 Å². The summed E-state index contributed by atoms with van der Waals surface area (Å²) in [5.41, 5.74) is 2.93. The number of nitrogens with one attached hydrogen (secondary N) is 1. The summed E-state index contributed by atoms with van der Waals surface area (Å²) in [7, 11) is 0. The van der Waals surface area contributed by atoms with Gasteiger partial charge in [0.15, 0.2) is 5.82 Å². The van der Waals surface area contributed by atoms with Crippen molar-refractivity contribution < 1.29 is 9.59 Å². The van der Waals surface area contributed by atoms with E-state index < -0.39 is 0 Å². The first-order valence-corrected chi connectivity index (χ1v) is 12.2. The van der Waals surface area contributed by atoms with Gasteiger partial charge in [-0.25, -0.2) is 9.67 Å². The predicted octanol–water partition coefficient (Wildman–Crippen LogP) is 5.18. The summed E-state index contributed by atoms with van der Waals surface area (Å²) < 4.78 is 1.63. The van der Waals surface area contributed by atoms with Gasteiger partial charge in [-0.2, -0.15) is 5.10 Å². The van der Waals surface area contributed by atoms with E-state index in [0.29, 0.717) is 21.9 Å². The third-order valence-electron chi connectivity index (χ3n) is 6.02. The van der Waals surface area contributed by atoms with Crippen LogP contribution in [-0.4, -0.2) is 44.6 Å². The van der Waals surface area contributed by atoms with Crippen LogP contribution in [0.1, 0.15) is 45.5 Å². The fourth-order valence-corrected chi connectivity index (χ4v) is 5.41. The van der Waals surface area contributed by atoms with Crippen LogP contribution in [0.25, 0.3) is 16.3 Å². The van der Waals surface area contributed by atoms with Crippen LogP contribution in [0, 0.1) is 6.92 Å². The molecule has 1 aromatic carbocycles. The molecule has 4 heterocycles. The van der Waals surface area contributed by atoms with Crippen LogP contribution < -0.4 is 5.32 Å². The molecule has 8 heteroatoms. The largest absolute Gasteiger partial charge is 0.339 e. The topological polar surface area (TPSA) is 80.1 Å². The van der Waals surface area contributed by atoms with Gasteiger partial charge in [0.2, 0.25) is 0 Å². The molecule has 3 aromatic heterocycles. The molecule has 0 spiro atoms. The minimum absolute atomic E-state index is 0.0157. The number of likely N-dealkylation sites (tertiary alicyclic amines) is 1. The van der Waals surface area contributed by atoms with E-state index in [1.54, 1.807) is 29.2 Å². The van der Waals surface area contributed by atoms with Crippen LogP contribution in [0.2, 0.25) is 0 Å². The lowest BCUT2D eigenvalue weighted by atomic mass is 10.0. The summed E-state index contributed by atoms with van der Waals surface area (Å²) >= 11 is 1.44. The van der Waals surface area contributed by atoms with E-state index in [9.17, 15) is 9.59 Å². The molecule has 0 unspecified atom stereocenters. The number of anilines is 1. The number of hydrogen-bond acceptors (Lipinski definition) is 5. The maximum absolute atomic E-state index is 13.5. The third-order valence-corrected chi connectivity index (χ3v) is 7.27. The Bertz CT molecular complexity index is 1290. The van der Waals surface area contributed by atoms with Crippen molar-refractivity contribution in [2.75, 3.05) is 18.4 Å². The van der Waals surface area contributed by atoms with E-state index >= 15 is 0 Å². The Morgan fingerprint density at radius 3 is 2.47 bits per heavy atom. The second-order valence-electron chi connectivity index (χ2n) is 8.29. The summed E-state index contributed by atoms with van der Waals surface area (Å²) in [4.78, 5) is 33.9. The molecule has 7 nitrogen and oxygen atoms in total. The Kier molecular flexibility index (Phi) is 6.22. The van der Waals surface area contributed by atoms with Gasteiger partial charge in [-0.05, 0) is 55.5 Å². The zero-order valence-electron chi connectivity index (χ0n) is 18.9. The highest BCUT2D eigenvalue weighted by atomic mass is 32.1. The minimum atomic E-state index is -0.298. The number of hydrogen-bond donors (Lipinski definition) is 1. The second kappa shape index (κ2) is 9.61. The summed E-state index contributed by atoms with van der Waals surface area (Å²) in [6.07, 6.45) is 8.16. The van der Waals surface area contributed by atoms with Gasteiger partial charge in [0, 0.05) is 36.6 Å². The van der Waals surface area contributed by atoms with Gasteiger partial charge < -0.3 is 10.2 Å². The lowest BCUT2D eigenvalue weighted by Crippen LogP contribution is -2.36. The number of rotatable bonds is 5. The second-order valence-corrected chi connectivity index (χ2v) is 9.31. The van der Waals surface area contributed by atoms with Gasteiger partial charge in [-0.1, -0.05) is 30.3 Å². The van der Waals surface area contributed by atoms with E-state index in [2.05, 4.69) is 15.4 Å². The predicted molar refractivity (Wildman–Crippen MR) is 134 cm³/mol. The Labute approximate surface area is 202 Å². The van der Waals surface area contributed by atoms with E-state index in [0.717, 1.165) is 48.4 Å². The average molecular weight is 472 g/mol. The molecule has 1 fully saturated rings. The van der Waals surface area contributed by atoms with E-state index in [-0.39, 0.29) is 11.8 Å². The van der Waals surface area contributed by atoms with Crippen molar-refractivity contribution >= 4 is 28.2 Å². The van der Waals surface area contributed by atoms with E-state index in [1.165, 1.54) is 17.5 Å². The number of aromatic nitrogens is 3. The first-order valence-electron chi connectivity index (χ1n) is 11.4. The number of benzene rings is 1. The van der Waals surface area contributed by atoms with Crippen molar-refractivity contribution in [2.45, 2.75) is 26.2 Å². The SMILES string of the molecule is Cc1c(-c2ccccc2)sc(NC(=O)c2ccc(-n3cccn3)nc2)c1C(=O)N1CCCCC1. The lowest BCUT2D eigenvalue weighted by molar-refractivity contribution is 0.0725. The van der Waals surface area contributed by atoms with E-state index in [1.807, 2.05) is 48.2 Å². The van der Waals surface area contributed by atoms with Crippen LogP contribution in [-0.2, 0) is 0 Å². The summed E-state index contributed by atoms with van der Waals surface area (Å²) in [6, 6.07) is 15.2. The van der Waals surface area contributed by atoms with Gasteiger partial charge in [0.25, 0.3) is 11.8 Å². The monoisotopic (exact) mass is 471 g/mol. The van der Waals surface area contributed by atoms with Crippen LogP contribution in [0.15, 0.2) is 67.1 Å². The van der Waals surface area contributed by atoms with Crippen LogP contribution in [0.4, 0.5) is 5.00 Å². The number of amides is 2. The number of nitrogens with zero attached hydrogens (tertiary/aromatic N) is 4. The standard InChI is InChI=1S/C26H25N5O2S/c1-18-22(26(33)30-14-6-3-7-15-30)25(34-23(18)19-9-4-2-5-10-19)29-24(32)20-11-12-21(27-17-20)31-16-8-13-28-31/h2,4-5,8-13,16-17H,3,6-7,14-15H2,1H3,(H,29,32). The first kappa shape index (κ1) is 22.0. The highest BCUT2D eigenvalue weighted by molar-refractivity contribution is 7.20. The molecule has 4 aromatic rings. The molecular weight excluding hydrogens is 446 g/mol. The number of thiophene rings is 1. The van der Waals surface area contributed by atoms with Gasteiger partial charge >= 0.3 is 0 Å². The summed E-state index contributed by atoms with van der Waals surface area (Å²) in [5, 5.41) is 7.74. The Morgan fingerprint density at radius 2 is 1.79 bits per heavy atom. The molecule has 172 valence electrons. The molecule has 1 aliphatic rings. The van der Waals surface area contributed by atoms with Gasteiger partial charge in [0.1, 0.15) is 5.00 Å². The lowest BCUT2D eigenvalue weighted by Gasteiger charge is -2.27. The number of piperidine rings is 1. The zero-order valence-corrected chi connectivity index (χ0v) is 19.7. The maximum Gasteiger partial charge on any atom is 0.257 e. The molecule has 0 aliphatic carbocycles. The van der Waals surface area contributed by atoms with Crippen LogP contribution in [0.5, 0.6) is 0 Å². The minimum Gasteiger partial charge on any atom is -0.339 e. The Hall–Kier alpha value is -3.78.